The van der Waals surface area contributed by atoms with Crippen molar-refractivity contribution in [1.29, 1.82) is 0 Å². The molecule has 0 unspecified atom stereocenters. The first-order valence-electron chi connectivity index (χ1n) is 3.63. The number of nitrogens with one attached hydrogen (secondary N) is 1. The smallest absolute Gasteiger partial charge is 0.242 e. The highest BCUT2D eigenvalue weighted by molar-refractivity contribution is 7.78. The normalized spacial score (nSPS) is 8.92. The Bertz CT molecular complexity index is 352. The van der Waals surface area contributed by atoms with Crippen LogP contribution in [0.5, 0.6) is 0 Å². The number of benzene rings is 1. The molecule has 0 heterocycles. The average Bonchev–Trinajstić information content (AvgIpc) is 2.08. The number of aliphatic imine (C=N–C) groups is 1. The molecule has 1 aromatic carbocycles. The van der Waals surface area contributed by atoms with E-state index in [2.05, 4.69) is 22.4 Å². The molecule has 65 valence electrons. The number of hydrogen-bond acceptors (Lipinski definition) is 3. The van der Waals surface area contributed by atoms with E-state index < -0.39 is 5.91 Å². The fourth-order valence-corrected chi connectivity index (χ4v) is 1.03. The molecule has 0 aliphatic rings. The van der Waals surface area contributed by atoms with E-state index in [0.717, 1.165) is 5.56 Å². The van der Waals surface area contributed by atoms with Crippen LogP contribution >= 0.6 is 12.2 Å². The lowest BCUT2D eigenvalue weighted by Crippen LogP contribution is -2.01. The van der Waals surface area contributed by atoms with Crippen molar-refractivity contribution in [3.8, 4) is 0 Å². The third-order valence-corrected chi connectivity index (χ3v) is 1.57. The summed E-state index contributed by atoms with van der Waals surface area (Å²) in [6.07, 6.45) is 0.140. The number of carbonyl (C=O) groups excluding carboxylic acids is 1. The molecule has 1 aromatic rings. The highest BCUT2D eigenvalue weighted by atomic mass is 32.1. The minimum atomic E-state index is -0.592. The summed E-state index contributed by atoms with van der Waals surface area (Å²) in [5.74, 6) is -0.592. The van der Waals surface area contributed by atoms with Crippen LogP contribution in [0.25, 0.3) is 0 Å². The second-order valence-electron chi connectivity index (χ2n) is 2.47. The highest BCUT2D eigenvalue weighted by Gasteiger charge is 1.97. The summed E-state index contributed by atoms with van der Waals surface area (Å²) >= 11 is 4.44. The quantitative estimate of drug-likeness (QED) is 0.540. The van der Waals surface area contributed by atoms with Crippen LogP contribution in [0.1, 0.15) is 5.56 Å². The predicted molar refractivity (Wildman–Crippen MR) is 52.9 cm³/mol. The number of nitrogens with zero attached hydrogens (tertiary/aromatic N) is 1. The second kappa shape index (κ2) is 4.50. The summed E-state index contributed by atoms with van der Waals surface area (Å²) in [6, 6.07) is 6.96. The lowest BCUT2D eigenvalue weighted by molar-refractivity contribution is -0.118. The van der Waals surface area contributed by atoms with E-state index in [9.17, 15) is 4.79 Å². The topological polar surface area (TPSA) is 53.2 Å². The molecule has 0 spiro atoms. The summed E-state index contributed by atoms with van der Waals surface area (Å²) in [5, 5.41) is 2.25. The van der Waals surface area contributed by atoms with Crippen molar-refractivity contribution in [1.82, 2.24) is 5.73 Å². The van der Waals surface area contributed by atoms with Gasteiger partial charge in [0.05, 0.1) is 17.3 Å². The summed E-state index contributed by atoms with van der Waals surface area (Å²) in [6.45, 7) is 0. The Morgan fingerprint density at radius 1 is 1.46 bits per heavy atom. The van der Waals surface area contributed by atoms with Crippen molar-refractivity contribution in [2.45, 2.75) is 6.42 Å². The van der Waals surface area contributed by atoms with Crippen LogP contribution in [0.2, 0.25) is 0 Å². The maximum atomic E-state index is 10.4. The molecule has 3 nitrogen and oxygen atoms in total. The van der Waals surface area contributed by atoms with E-state index in [0.29, 0.717) is 5.69 Å². The summed E-state index contributed by atoms with van der Waals surface area (Å²) in [7, 11) is 0. The molecule has 1 amide bonds. The molecule has 1 rings (SSSR count). The minimum Gasteiger partial charge on any atom is -0.273 e. The fraction of sp³-hybridized carbons (Fsp3) is 0.111. The zero-order chi connectivity index (χ0) is 9.68. The Labute approximate surface area is 81.3 Å². The molecule has 0 aromatic heterocycles. The van der Waals surface area contributed by atoms with Crippen molar-refractivity contribution in [3.63, 3.8) is 0 Å². The van der Waals surface area contributed by atoms with Crippen molar-refractivity contribution in [3.05, 3.63) is 29.8 Å². The van der Waals surface area contributed by atoms with Gasteiger partial charge in [0.25, 0.3) is 0 Å². The van der Waals surface area contributed by atoms with E-state index in [1.807, 2.05) is 0 Å². The van der Waals surface area contributed by atoms with Crippen LogP contribution < -0.4 is 5.73 Å². The van der Waals surface area contributed by atoms with Crippen LogP contribution in [-0.4, -0.2) is 11.1 Å². The molecule has 4 heteroatoms. The van der Waals surface area contributed by atoms with Gasteiger partial charge in [-0.1, -0.05) is 12.1 Å². The molecule has 0 aliphatic carbocycles. The average molecular weight is 191 g/mol. The first-order chi connectivity index (χ1) is 6.22. The molecular formula is C9H7N2OS. The second-order valence-corrected chi connectivity index (χ2v) is 2.65. The van der Waals surface area contributed by atoms with E-state index in [1.165, 1.54) is 0 Å². The lowest BCUT2D eigenvalue weighted by Gasteiger charge is -1.96. The molecule has 1 N–H and O–H groups in total. The van der Waals surface area contributed by atoms with Gasteiger partial charge in [0.2, 0.25) is 5.91 Å². The van der Waals surface area contributed by atoms with Gasteiger partial charge in [0, 0.05) is 0 Å². The van der Waals surface area contributed by atoms with Gasteiger partial charge in [-0.15, -0.1) is 0 Å². The highest BCUT2D eigenvalue weighted by Crippen LogP contribution is 2.12. The Kier molecular flexibility index (Phi) is 3.31. The van der Waals surface area contributed by atoms with Gasteiger partial charge >= 0.3 is 0 Å². The van der Waals surface area contributed by atoms with Crippen molar-refractivity contribution in [2.24, 2.45) is 4.99 Å². The Balaban J connectivity index is 2.80. The molecule has 0 aliphatic heterocycles. The summed E-state index contributed by atoms with van der Waals surface area (Å²) in [4.78, 5) is 14.2. The molecule has 0 fully saturated rings. The zero-order valence-corrected chi connectivity index (χ0v) is 7.60. The van der Waals surface area contributed by atoms with Crippen LogP contribution in [0.15, 0.2) is 29.3 Å². The van der Waals surface area contributed by atoms with Gasteiger partial charge in [-0.05, 0) is 29.9 Å². The van der Waals surface area contributed by atoms with Gasteiger partial charge in [0.15, 0.2) is 0 Å². The van der Waals surface area contributed by atoms with Crippen LogP contribution in [-0.2, 0) is 11.2 Å². The van der Waals surface area contributed by atoms with E-state index in [-0.39, 0.29) is 6.42 Å². The number of hydrogen-bond donors (Lipinski definition) is 0. The molecular weight excluding hydrogens is 184 g/mol. The zero-order valence-electron chi connectivity index (χ0n) is 6.78. The SMILES string of the molecule is [NH]C(=O)Cc1ccc(N=C=S)cc1. The van der Waals surface area contributed by atoms with Gasteiger partial charge in [0.1, 0.15) is 0 Å². The number of thiocarbonyl (C=S) groups is 1. The van der Waals surface area contributed by atoms with Crippen molar-refractivity contribution < 1.29 is 4.79 Å². The Morgan fingerprint density at radius 3 is 2.54 bits per heavy atom. The van der Waals surface area contributed by atoms with Gasteiger partial charge in [-0.25, -0.2) is 0 Å². The molecule has 1 radical (unpaired) electrons. The molecule has 13 heavy (non-hydrogen) atoms. The number of isothiocyanates is 1. The minimum absolute atomic E-state index is 0.140. The fourth-order valence-electron chi connectivity index (χ4n) is 0.926. The monoisotopic (exact) mass is 191 g/mol. The third kappa shape index (κ3) is 3.15. The lowest BCUT2D eigenvalue weighted by atomic mass is 10.1. The first kappa shape index (κ1) is 9.58. The van der Waals surface area contributed by atoms with Crippen molar-refractivity contribution in [2.75, 3.05) is 0 Å². The molecule has 0 saturated heterocycles. The molecule has 0 bridgehead atoms. The summed E-state index contributed by atoms with van der Waals surface area (Å²) < 4.78 is 0. The maximum Gasteiger partial charge on any atom is 0.242 e. The predicted octanol–water partition coefficient (Wildman–Crippen LogP) is 1.77. The van der Waals surface area contributed by atoms with Gasteiger partial charge in [-0.2, -0.15) is 4.99 Å². The third-order valence-electron chi connectivity index (χ3n) is 1.48. The van der Waals surface area contributed by atoms with Crippen LogP contribution in [0.3, 0.4) is 0 Å². The van der Waals surface area contributed by atoms with Gasteiger partial charge < -0.3 is 0 Å². The number of carbonyl (C=O) groups is 1. The van der Waals surface area contributed by atoms with E-state index in [4.69, 9.17) is 5.73 Å². The largest absolute Gasteiger partial charge is 0.273 e. The molecule has 0 saturated carbocycles. The van der Waals surface area contributed by atoms with Crippen molar-refractivity contribution >= 4 is 29.0 Å². The number of amides is 1. The standard InChI is InChI=1S/C9H7N2OS/c10-9(12)5-7-1-3-8(4-2-7)11-6-13/h1-4,10H,5H2. The molecule has 0 atom stereocenters. The van der Waals surface area contributed by atoms with Crippen LogP contribution in [0, 0.1) is 0 Å². The first-order valence-corrected chi connectivity index (χ1v) is 4.04. The Morgan fingerprint density at radius 2 is 2.08 bits per heavy atom. The van der Waals surface area contributed by atoms with E-state index >= 15 is 0 Å². The number of rotatable bonds is 3. The Hall–Kier alpha value is -1.51. The van der Waals surface area contributed by atoms with Crippen LogP contribution in [0.4, 0.5) is 5.69 Å². The van der Waals surface area contributed by atoms with E-state index in [1.54, 1.807) is 24.3 Å². The van der Waals surface area contributed by atoms with Gasteiger partial charge in [-0.3, -0.25) is 10.5 Å². The summed E-state index contributed by atoms with van der Waals surface area (Å²) in [5.41, 5.74) is 8.27. The maximum absolute atomic E-state index is 10.4.